The van der Waals surface area contributed by atoms with Crippen molar-refractivity contribution in [2.45, 2.75) is 39.2 Å². The molecule has 1 aromatic carbocycles. The lowest BCUT2D eigenvalue weighted by atomic mass is 9.91. The van der Waals surface area contributed by atoms with Crippen molar-refractivity contribution in [3.05, 3.63) is 45.4 Å². The van der Waals surface area contributed by atoms with Crippen LogP contribution in [0.15, 0.2) is 22.7 Å². The third kappa shape index (κ3) is 6.81. The van der Waals surface area contributed by atoms with E-state index in [9.17, 15) is 9.90 Å². The van der Waals surface area contributed by atoms with Crippen LogP contribution in [-0.2, 0) is 11.2 Å². The minimum Gasteiger partial charge on any atom is -0.491 e. The number of aryl methyl sites for hydroxylation is 2. The summed E-state index contributed by atoms with van der Waals surface area (Å²) in [4.78, 5) is 23.3. The number of ether oxygens (including phenoxy) is 2. The number of aliphatic hydroxyl groups excluding tert-OH is 1. The molecule has 4 rings (SSSR count). The number of benzene rings is 1. The lowest BCUT2D eigenvalue weighted by Crippen LogP contribution is -2.38. The van der Waals surface area contributed by atoms with Crippen LogP contribution in [0.1, 0.15) is 30.0 Å². The highest BCUT2D eigenvalue weighted by atomic mass is 35.5. The molecule has 1 atom stereocenters. The predicted octanol–water partition coefficient (Wildman–Crippen LogP) is 4.70. The molecule has 0 bridgehead atoms. The van der Waals surface area contributed by atoms with Gasteiger partial charge in [0.25, 0.3) is 0 Å². The van der Waals surface area contributed by atoms with E-state index < -0.39 is 6.10 Å². The monoisotopic (exact) mass is 577 g/mol. The molecule has 0 radical (unpaired) electrons. The number of nitrogens with zero attached hydrogens (tertiary/aromatic N) is 4. The molecule has 10 nitrogen and oxygen atoms in total. The van der Waals surface area contributed by atoms with E-state index in [0.717, 1.165) is 12.8 Å². The third-order valence-corrected chi connectivity index (χ3v) is 7.51. The number of halogens is 2. The number of rotatable bonds is 9. The molecule has 210 valence electrons. The molecule has 12 heteroatoms. The largest absolute Gasteiger partial charge is 0.491 e. The number of likely N-dealkylation sites (tertiary alicyclic amines) is 1. The Morgan fingerprint density at radius 1 is 1.26 bits per heavy atom. The molecule has 3 aromatic rings. The molecule has 39 heavy (non-hydrogen) atoms. The van der Waals surface area contributed by atoms with E-state index >= 15 is 0 Å². The first-order chi connectivity index (χ1) is 18.7. The van der Waals surface area contributed by atoms with Crippen molar-refractivity contribution in [3.8, 4) is 28.4 Å². The summed E-state index contributed by atoms with van der Waals surface area (Å²) in [6.45, 7) is 5.38. The summed E-state index contributed by atoms with van der Waals surface area (Å²) < 4.78 is 16.1. The van der Waals surface area contributed by atoms with Crippen LogP contribution in [0.25, 0.3) is 22.6 Å². The summed E-state index contributed by atoms with van der Waals surface area (Å²) in [5, 5.41) is 17.9. The highest BCUT2D eigenvalue weighted by molar-refractivity contribution is 6.34. The Hall–Kier alpha value is -2.92. The maximum atomic E-state index is 11.9. The average Bonchev–Trinajstić information content (AvgIpc) is 3.27. The normalized spacial score (nSPS) is 14.9. The smallest absolute Gasteiger partial charge is 0.409 e. The highest BCUT2D eigenvalue weighted by Gasteiger charge is 2.27. The van der Waals surface area contributed by atoms with E-state index in [4.69, 9.17) is 47.2 Å². The number of hydrogen-bond acceptors (Lipinski definition) is 9. The third-order valence-electron chi connectivity index (χ3n) is 6.78. The summed E-state index contributed by atoms with van der Waals surface area (Å²) in [6.07, 6.45) is 1.22. The molecular weight excluding hydrogens is 545 g/mol. The Bertz CT molecular complexity index is 1290. The van der Waals surface area contributed by atoms with E-state index in [0.29, 0.717) is 81.6 Å². The first-order valence-electron chi connectivity index (χ1n) is 12.8. The molecule has 1 aliphatic heterocycles. The Morgan fingerprint density at radius 2 is 2.00 bits per heavy atom. The van der Waals surface area contributed by atoms with E-state index in [1.165, 1.54) is 7.11 Å². The Morgan fingerprint density at radius 3 is 2.64 bits per heavy atom. The predicted molar refractivity (Wildman–Crippen MR) is 148 cm³/mol. The summed E-state index contributed by atoms with van der Waals surface area (Å²) in [7, 11) is 3.15. The first kappa shape index (κ1) is 29.1. The lowest BCUT2D eigenvalue weighted by Gasteiger charge is -2.31. The number of piperidine rings is 1. The van der Waals surface area contributed by atoms with Gasteiger partial charge in [-0.25, -0.2) is 14.8 Å². The SMILES string of the molecule is CNC[C@@H](O)COc1ccc(Cl)c(-c2nc(CC3CCN(C(=O)OC)CC3)c(Cl)c(-c3c(C)noc3C)n2)c1. The summed E-state index contributed by atoms with van der Waals surface area (Å²) in [6, 6.07) is 5.21. The Labute approximate surface area is 237 Å². The van der Waals surface area contributed by atoms with Crippen molar-refractivity contribution >= 4 is 29.3 Å². The summed E-state index contributed by atoms with van der Waals surface area (Å²) in [5.41, 5.74) is 3.15. The van der Waals surface area contributed by atoms with Gasteiger partial charge in [0.2, 0.25) is 0 Å². The molecule has 0 spiro atoms. The van der Waals surface area contributed by atoms with Gasteiger partial charge >= 0.3 is 6.09 Å². The molecule has 1 amide bonds. The Kier molecular flexibility index (Phi) is 9.66. The van der Waals surface area contributed by atoms with Crippen LogP contribution in [0.4, 0.5) is 4.79 Å². The number of nitrogens with one attached hydrogen (secondary N) is 1. The minimum absolute atomic E-state index is 0.114. The molecule has 2 N–H and O–H groups in total. The van der Waals surface area contributed by atoms with E-state index in [1.54, 1.807) is 30.1 Å². The molecule has 0 aliphatic carbocycles. The summed E-state index contributed by atoms with van der Waals surface area (Å²) in [5.74, 6) is 1.78. The fourth-order valence-electron chi connectivity index (χ4n) is 4.71. The molecule has 1 fully saturated rings. The quantitative estimate of drug-likeness (QED) is 0.372. The van der Waals surface area contributed by atoms with Crippen LogP contribution in [-0.4, -0.2) is 77.7 Å². The number of methoxy groups -OCH3 is 1. The van der Waals surface area contributed by atoms with Crippen molar-refractivity contribution < 1.29 is 23.9 Å². The van der Waals surface area contributed by atoms with E-state index in [-0.39, 0.29) is 18.6 Å². The van der Waals surface area contributed by atoms with Gasteiger partial charge in [-0.2, -0.15) is 0 Å². The second kappa shape index (κ2) is 13.0. The van der Waals surface area contributed by atoms with Crippen LogP contribution in [0, 0.1) is 19.8 Å². The number of amides is 1. The maximum absolute atomic E-state index is 11.9. The van der Waals surface area contributed by atoms with Crippen molar-refractivity contribution in [3.63, 3.8) is 0 Å². The minimum atomic E-state index is -0.663. The second-order valence-electron chi connectivity index (χ2n) is 9.62. The van der Waals surface area contributed by atoms with Gasteiger partial charge in [-0.1, -0.05) is 28.4 Å². The topological polar surface area (TPSA) is 123 Å². The van der Waals surface area contributed by atoms with Gasteiger partial charge in [0, 0.05) is 25.2 Å². The first-order valence-corrected chi connectivity index (χ1v) is 13.5. The van der Waals surface area contributed by atoms with Crippen LogP contribution in [0.2, 0.25) is 10.0 Å². The van der Waals surface area contributed by atoms with E-state index in [1.807, 2.05) is 13.8 Å². The molecule has 3 heterocycles. The van der Waals surface area contributed by atoms with Crippen molar-refractivity contribution in [2.75, 3.05) is 40.4 Å². The molecule has 1 aliphatic rings. The number of carbonyl (C=O) groups is 1. The standard InChI is InChI=1S/C27H33Cl2N5O5/c1-15-23(16(2)39-33-15)25-24(29)22(11-17-7-9-34(10-8-17)27(36)37-4)31-26(32-25)20-12-19(5-6-21(20)28)38-14-18(35)13-30-3/h5-6,12,17-18,30,35H,7-11,13-14H2,1-4H3/t18-/m1/s1. The van der Waals surface area contributed by atoms with Crippen LogP contribution in [0.3, 0.4) is 0 Å². The van der Waals surface area contributed by atoms with Gasteiger partial charge in [-0.15, -0.1) is 0 Å². The highest BCUT2D eigenvalue weighted by Crippen LogP contribution is 2.38. The number of hydrogen-bond donors (Lipinski definition) is 2. The zero-order valence-electron chi connectivity index (χ0n) is 22.5. The van der Waals surface area contributed by atoms with Gasteiger partial charge in [0.1, 0.15) is 24.2 Å². The molecule has 0 saturated carbocycles. The van der Waals surface area contributed by atoms with Gasteiger partial charge < -0.3 is 29.3 Å². The second-order valence-corrected chi connectivity index (χ2v) is 10.4. The van der Waals surface area contributed by atoms with Crippen LogP contribution >= 0.6 is 23.2 Å². The molecule has 1 saturated heterocycles. The van der Waals surface area contributed by atoms with Crippen molar-refractivity contribution in [2.24, 2.45) is 5.92 Å². The Balaban J connectivity index is 1.70. The van der Waals surface area contributed by atoms with Gasteiger partial charge in [0.15, 0.2) is 5.82 Å². The van der Waals surface area contributed by atoms with Crippen molar-refractivity contribution in [1.82, 2.24) is 25.3 Å². The van der Waals surface area contributed by atoms with Crippen molar-refractivity contribution in [1.29, 1.82) is 0 Å². The molecular formula is C27H33Cl2N5O5. The summed E-state index contributed by atoms with van der Waals surface area (Å²) >= 11 is 13.6. The zero-order chi connectivity index (χ0) is 28.1. The van der Waals surface area contributed by atoms with Crippen LogP contribution in [0.5, 0.6) is 5.75 Å². The number of aromatic nitrogens is 3. The molecule has 2 aromatic heterocycles. The fourth-order valence-corrected chi connectivity index (χ4v) is 5.17. The number of likely N-dealkylation sites (N-methyl/N-ethyl adjacent to an activating group) is 1. The maximum Gasteiger partial charge on any atom is 0.409 e. The lowest BCUT2D eigenvalue weighted by molar-refractivity contribution is 0.106. The number of carbonyl (C=O) groups excluding carboxylic acids is 1. The zero-order valence-corrected chi connectivity index (χ0v) is 24.0. The van der Waals surface area contributed by atoms with Crippen LogP contribution < -0.4 is 10.1 Å². The number of aliphatic hydroxyl groups is 1. The van der Waals surface area contributed by atoms with Gasteiger partial charge in [0.05, 0.1) is 39.8 Å². The van der Waals surface area contributed by atoms with Gasteiger partial charge in [-0.05, 0) is 64.3 Å². The van der Waals surface area contributed by atoms with E-state index in [2.05, 4.69) is 10.5 Å². The molecule has 0 unspecified atom stereocenters. The van der Waals surface area contributed by atoms with Gasteiger partial charge in [-0.3, -0.25) is 0 Å². The average molecular weight is 578 g/mol. The fraction of sp³-hybridized carbons (Fsp3) is 0.481.